The van der Waals surface area contributed by atoms with Crippen molar-refractivity contribution in [2.75, 3.05) is 7.11 Å². The van der Waals surface area contributed by atoms with E-state index in [0.717, 1.165) is 16.7 Å². The SMILES string of the molecule is COc1cc(-c2cn[nH]c2)cc2c(=O)[nH]c(C(N)c3ccc(Cl)cc3)nc12.O=C(O)C(F)(F)F.O=C(O)C(F)(F)F. The Morgan fingerprint density at radius 1 is 1.00 bits per heavy atom. The van der Waals surface area contributed by atoms with Gasteiger partial charge in [-0.05, 0) is 35.4 Å². The van der Waals surface area contributed by atoms with Gasteiger partial charge in [-0.25, -0.2) is 14.6 Å². The van der Waals surface area contributed by atoms with E-state index in [-0.39, 0.29) is 5.56 Å². The van der Waals surface area contributed by atoms with Crippen LogP contribution < -0.4 is 16.0 Å². The fraction of sp³-hybridized carbons (Fsp3) is 0.174. The molecule has 18 heteroatoms. The van der Waals surface area contributed by atoms with Crippen molar-refractivity contribution in [3.05, 3.63) is 75.6 Å². The summed E-state index contributed by atoms with van der Waals surface area (Å²) in [5.41, 5.74) is 8.89. The molecule has 2 aromatic heterocycles. The summed E-state index contributed by atoms with van der Waals surface area (Å²) < 4.78 is 68.9. The Labute approximate surface area is 229 Å². The normalized spacial score (nSPS) is 11.9. The molecule has 0 fully saturated rings. The summed E-state index contributed by atoms with van der Waals surface area (Å²) in [7, 11) is 1.54. The molecule has 1 unspecified atom stereocenters. The number of nitrogens with one attached hydrogen (secondary N) is 2. The smallest absolute Gasteiger partial charge is 0.490 e. The topological polar surface area (TPSA) is 184 Å². The average Bonchev–Trinajstić information content (AvgIpc) is 3.43. The minimum Gasteiger partial charge on any atom is -0.494 e. The van der Waals surface area contributed by atoms with Gasteiger partial charge < -0.3 is 25.7 Å². The van der Waals surface area contributed by atoms with Gasteiger partial charge in [-0.3, -0.25) is 9.89 Å². The zero-order chi connectivity index (χ0) is 31.1. The molecular weight excluding hydrogens is 592 g/mol. The summed E-state index contributed by atoms with van der Waals surface area (Å²) in [6.07, 6.45) is -6.75. The van der Waals surface area contributed by atoms with Crippen LogP contribution in [0.1, 0.15) is 17.4 Å². The number of rotatable bonds is 4. The Hall–Kier alpha value is -4.64. The molecule has 0 aliphatic carbocycles. The standard InChI is InChI=1S/C19H16ClN5O2.2C2HF3O2/c1-27-15-7-11(12-8-22-23-9-12)6-14-17(15)24-18(25-19(14)26)16(21)10-2-4-13(20)5-3-10;2*3-2(4,5)1(6)7/h2-9,16H,21H2,1H3,(H,22,23)(H,24,25,26);2*(H,6,7). The number of ether oxygens (including phenoxy) is 1. The van der Waals surface area contributed by atoms with E-state index >= 15 is 0 Å². The van der Waals surface area contributed by atoms with E-state index in [2.05, 4.69) is 20.2 Å². The lowest BCUT2D eigenvalue weighted by Gasteiger charge is -2.14. The maximum Gasteiger partial charge on any atom is 0.490 e. The maximum atomic E-state index is 12.7. The lowest BCUT2D eigenvalue weighted by Crippen LogP contribution is -2.21. The fourth-order valence-electron chi connectivity index (χ4n) is 2.93. The molecule has 4 aromatic rings. The highest BCUT2D eigenvalue weighted by molar-refractivity contribution is 6.30. The van der Waals surface area contributed by atoms with Crippen molar-refractivity contribution in [2.24, 2.45) is 5.73 Å². The highest BCUT2D eigenvalue weighted by Gasteiger charge is 2.38. The van der Waals surface area contributed by atoms with Crippen molar-refractivity contribution in [1.82, 2.24) is 20.2 Å². The summed E-state index contributed by atoms with van der Waals surface area (Å²) >= 11 is 5.92. The van der Waals surface area contributed by atoms with Crippen molar-refractivity contribution in [3.8, 4) is 16.9 Å². The largest absolute Gasteiger partial charge is 0.494 e. The molecule has 0 bridgehead atoms. The molecule has 1 atom stereocenters. The molecule has 0 saturated carbocycles. The molecule has 0 aliphatic heterocycles. The van der Waals surface area contributed by atoms with Gasteiger partial charge in [-0.1, -0.05) is 23.7 Å². The third-order valence-corrected chi connectivity index (χ3v) is 5.11. The third-order valence-electron chi connectivity index (χ3n) is 4.85. The van der Waals surface area contributed by atoms with Crippen LogP contribution in [-0.4, -0.2) is 61.8 Å². The predicted molar refractivity (Wildman–Crippen MR) is 131 cm³/mol. The highest BCUT2D eigenvalue weighted by atomic mass is 35.5. The van der Waals surface area contributed by atoms with Crippen molar-refractivity contribution >= 4 is 34.4 Å². The number of benzene rings is 2. The number of hydrogen-bond donors (Lipinski definition) is 5. The van der Waals surface area contributed by atoms with Crippen LogP contribution in [-0.2, 0) is 9.59 Å². The van der Waals surface area contributed by atoms with Crippen LogP contribution in [0, 0.1) is 0 Å². The second-order valence-electron chi connectivity index (χ2n) is 7.65. The minimum absolute atomic E-state index is 0.289. The Balaban J connectivity index is 0.000000349. The van der Waals surface area contributed by atoms with Gasteiger partial charge in [0.15, 0.2) is 0 Å². The first kappa shape index (κ1) is 32.6. The van der Waals surface area contributed by atoms with Crippen LogP contribution in [0.3, 0.4) is 0 Å². The fourth-order valence-corrected chi connectivity index (χ4v) is 3.06. The van der Waals surface area contributed by atoms with E-state index in [1.807, 2.05) is 6.07 Å². The molecule has 4 rings (SSSR count). The zero-order valence-corrected chi connectivity index (χ0v) is 21.1. The van der Waals surface area contributed by atoms with E-state index < -0.39 is 30.3 Å². The number of carboxylic acid groups (broad SMARTS) is 2. The zero-order valence-electron chi connectivity index (χ0n) is 20.3. The predicted octanol–water partition coefficient (Wildman–Crippen LogP) is 4.29. The van der Waals surface area contributed by atoms with Crippen molar-refractivity contribution in [1.29, 1.82) is 0 Å². The van der Waals surface area contributed by atoms with E-state index in [4.69, 9.17) is 41.9 Å². The van der Waals surface area contributed by atoms with Crippen molar-refractivity contribution in [3.63, 3.8) is 0 Å². The summed E-state index contributed by atoms with van der Waals surface area (Å²) in [4.78, 5) is 37.9. The number of H-pyrrole nitrogens is 2. The summed E-state index contributed by atoms with van der Waals surface area (Å²) in [6.45, 7) is 0. The van der Waals surface area contributed by atoms with E-state index in [1.165, 1.54) is 7.11 Å². The van der Waals surface area contributed by atoms with Crippen molar-refractivity contribution in [2.45, 2.75) is 18.4 Å². The molecule has 2 heterocycles. The van der Waals surface area contributed by atoms with Gasteiger partial charge in [0.1, 0.15) is 17.1 Å². The van der Waals surface area contributed by atoms with E-state index in [9.17, 15) is 31.1 Å². The van der Waals surface area contributed by atoms with Crippen LogP contribution >= 0.6 is 11.6 Å². The number of aromatic nitrogens is 4. The number of aliphatic carboxylic acids is 2. The van der Waals surface area contributed by atoms with Crippen molar-refractivity contribution < 1.29 is 50.9 Å². The molecule has 0 amide bonds. The second kappa shape index (κ2) is 13.1. The quantitative estimate of drug-likeness (QED) is 0.211. The summed E-state index contributed by atoms with van der Waals surface area (Å²) in [6, 6.07) is 10.1. The Kier molecular flexibility index (Phi) is 10.4. The van der Waals surface area contributed by atoms with E-state index in [1.54, 1.807) is 42.7 Å². The van der Waals surface area contributed by atoms with Crippen LogP contribution in [0.5, 0.6) is 5.75 Å². The van der Waals surface area contributed by atoms with Gasteiger partial charge in [-0.15, -0.1) is 0 Å². The number of alkyl halides is 6. The number of carbonyl (C=O) groups is 2. The second-order valence-corrected chi connectivity index (χ2v) is 8.08. The number of aromatic amines is 2. The number of methoxy groups -OCH3 is 1. The van der Waals surface area contributed by atoms with Gasteiger partial charge in [0.25, 0.3) is 5.56 Å². The number of carboxylic acids is 2. The number of halogens is 7. The Morgan fingerprint density at radius 2 is 1.54 bits per heavy atom. The third kappa shape index (κ3) is 8.94. The lowest BCUT2D eigenvalue weighted by atomic mass is 10.0. The molecule has 6 N–H and O–H groups in total. The summed E-state index contributed by atoms with van der Waals surface area (Å²) in [5.74, 6) is -4.68. The minimum atomic E-state index is -5.08. The Morgan fingerprint density at radius 3 is 1.98 bits per heavy atom. The monoisotopic (exact) mass is 609 g/mol. The van der Waals surface area contributed by atoms with Gasteiger partial charge in [-0.2, -0.15) is 31.4 Å². The Bertz CT molecular complexity index is 1530. The van der Waals surface area contributed by atoms with Crippen LogP contribution in [0.2, 0.25) is 5.02 Å². The highest BCUT2D eigenvalue weighted by Crippen LogP contribution is 2.30. The molecule has 0 radical (unpaired) electrons. The first-order valence-corrected chi connectivity index (χ1v) is 11.1. The van der Waals surface area contributed by atoms with Gasteiger partial charge in [0.2, 0.25) is 0 Å². The molecule has 2 aromatic carbocycles. The first-order chi connectivity index (χ1) is 18.9. The molecule has 0 saturated heterocycles. The van der Waals surface area contributed by atoms with Gasteiger partial charge in [0.05, 0.1) is 24.7 Å². The molecule has 0 spiro atoms. The molecule has 220 valence electrons. The van der Waals surface area contributed by atoms with E-state index in [0.29, 0.717) is 27.5 Å². The lowest BCUT2D eigenvalue weighted by molar-refractivity contribution is -0.193. The summed E-state index contributed by atoms with van der Waals surface area (Å²) in [5, 5.41) is 22.0. The van der Waals surface area contributed by atoms with Crippen LogP contribution in [0.25, 0.3) is 22.0 Å². The number of nitrogens with two attached hydrogens (primary N) is 1. The van der Waals surface area contributed by atoms with Gasteiger partial charge >= 0.3 is 24.3 Å². The molecular formula is C23H18ClF6N5O6. The molecule has 0 aliphatic rings. The number of nitrogens with zero attached hydrogens (tertiary/aromatic N) is 2. The maximum absolute atomic E-state index is 12.7. The molecule has 11 nitrogen and oxygen atoms in total. The molecule has 41 heavy (non-hydrogen) atoms. The van der Waals surface area contributed by atoms with Gasteiger partial charge in [0, 0.05) is 16.8 Å². The van der Waals surface area contributed by atoms with Crippen LogP contribution in [0.15, 0.2) is 53.6 Å². The first-order valence-electron chi connectivity index (χ1n) is 10.7. The average molecular weight is 610 g/mol. The number of hydrogen-bond acceptors (Lipinski definition) is 7. The number of fused-ring (bicyclic) bond motifs is 1. The van der Waals surface area contributed by atoms with Crippen LogP contribution in [0.4, 0.5) is 26.3 Å².